The third kappa shape index (κ3) is 7.00. The van der Waals surface area contributed by atoms with E-state index in [2.05, 4.69) is 29.5 Å². The van der Waals surface area contributed by atoms with Crippen LogP contribution in [0.1, 0.15) is 46.5 Å². The summed E-state index contributed by atoms with van der Waals surface area (Å²) in [5.41, 5.74) is 0. The van der Waals surface area contributed by atoms with Crippen molar-refractivity contribution >= 4 is 12.1 Å². The fourth-order valence-corrected chi connectivity index (χ4v) is 2.53. The van der Waals surface area contributed by atoms with Crippen LogP contribution in [0.2, 0.25) is 0 Å². The number of carbonyl (C=O) groups is 1. The van der Waals surface area contributed by atoms with Crippen LogP contribution in [0, 0.1) is 5.92 Å². The van der Waals surface area contributed by atoms with E-state index in [9.17, 15) is 4.79 Å². The minimum atomic E-state index is -0.197. The van der Waals surface area contributed by atoms with E-state index in [0.29, 0.717) is 12.6 Å². The van der Waals surface area contributed by atoms with Gasteiger partial charge in [0.1, 0.15) is 0 Å². The van der Waals surface area contributed by atoms with Gasteiger partial charge in [0.15, 0.2) is 5.96 Å². The van der Waals surface area contributed by atoms with Gasteiger partial charge in [-0.1, -0.05) is 13.8 Å². The zero-order chi connectivity index (χ0) is 16.4. The summed E-state index contributed by atoms with van der Waals surface area (Å²) in [6.45, 7) is 9.17. The monoisotopic (exact) mass is 312 g/mol. The highest BCUT2D eigenvalue weighted by molar-refractivity contribution is 5.80. The highest BCUT2D eigenvalue weighted by Gasteiger charge is 2.23. The second kappa shape index (κ2) is 10.3. The maximum atomic E-state index is 11.7. The molecule has 6 heteroatoms. The maximum Gasteiger partial charge on any atom is 0.409 e. The summed E-state index contributed by atoms with van der Waals surface area (Å²) in [5.74, 6) is 1.60. The largest absolute Gasteiger partial charge is 0.450 e. The van der Waals surface area contributed by atoms with Gasteiger partial charge in [-0.2, -0.15) is 0 Å². The lowest BCUT2D eigenvalue weighted by atomic mass is 10.1. The van der Waals surface area contributed by atoms with Gasteiger partial charge in [-0.15, -0.1) is 0 Å². The molecule has 6 nitrogen and oxygen atoms in total. The second-order valence-corrected chi connectivity index (χ2v) is 6.14. The molecule has 22 heavy (non-hydrogen) atoms. The van der Waals surface area contributed by atoms with Gasteiger partial charge in [0.05, 0.1) is 6.61 Å². The molecule has 0 radical (unpaired) electrons. The van der Waals surface area contributed by atoms with Gasteiger partial charge in [-0.05, 0) is 38.5 Å². The number of aliphatic imine (C=N–C) groups is 1. The van der Waals surface area contributed by atoms with Crippen molar-refractivity contribution in [3.63, 3.8) is 0 Å². The standard InChI is InChI=1S/C16H32N4O2/c1-5-22-16(21)20-11-8-14(9-12-20)19-15(17-4)18-10-6-7-13(2)3/h13-14H,5-12H2,1-4H3,(H2,17,18,19). The highest BCUT2D eigenvalue weighted by Crippen LogP contribution is 2.11. The number of nitrogens with one attached hydrogen (secondary N) is 2. The molecule has 0 bridgehead atoms. The molecule has 1 aliphatic rings. The van der Waals surface area contributed by atoms with Crippen molar-refractivity contribution in [1.29, 1.82) is 0 Å². The normalized spacial score (nSPS) is 16.8. The third-order valence-corrected chi connectivity index (χ3v) is 3.84. The average molecular weight is 312 g/mol. The number of likely N-dealkylation sites (tertiary alicyclic amines) is 1. The molecular weight excluding hydrogens is 280 g/mol. The van der Waals surface area contributed by atoms with Crippen LogP contribution >= 0.6 is 0 Å². The fourth-order valence-electron chi connectivity index (χ4n) is 2.53. The van der Waals surface area contributed by atoms with E-state index in [1.54, 1.807) is 11.9 Å². The molecule has 0 unspecified atom stereocenters. The van der Waals surface area contributed by atoms with Crippen LogP contribution in [0.25, 0.3) is 0 Å². The number of amides is 1. The SMILES string of the molecule is CCOC(=O)N1CCC(NC(=NC)NCCCC(C)C)CC1. The summed E-state index contributed by atoms with van der Waals surface area (Å²) < 4.78 is 5.03. The number of ether oxygens (including phenoxy) is 1. The van der Waals surface area contributed by atoms with E-state index in [0.717, 1.165) is 50.8 Å². The third-order valence-electron chi connectivity index (χ3n) is 3.84. The number of hydrogen-bond donors (Lipinski definition) is 2. The van der Waals surface area contributed by atoms with E-state index in [-0.39, 0.29) is 6.09 Å². The smallest absolute Gasteiger partial charge is 0.409 e. The van der Waals surface area contributed by atoms with Crippen LogP contribution < -0.4 is 10.6 Å². The molecule has 0 aliphatic carbocycles. The number of guanidine groups is 1. The molecular formula is C16H32N4O2. The minimum Gasteiger partial charge on any atom is -0.450 e. The molecule has 0 saturated carbocycles. The average Bonchev–Trinajstić information content (AvgIpc) is 2.51. The zero-order valence-corrected chi connectivity index (χ0v) is 14.5. The first-order chi connectivity index (χ1) is 10.6. The molecule has 0 aromatic heterocycles. The Morgan fingerprint density at radius 3 is 2.59 bits per heavy atom. The van der Waals surface area contributed by atoms with Gasteiger partial charge in [0.2, 0.25) is 0 Å². The van der Waals surface area contributed by atoms with Crippen LogP contribution in [-0.4, -0.2) is 56.3 Å². The molecule has 2 N–H and O–H groups in total. The number of hydrogen-bond acceptors (Lipinski definition) is 3. The van der Waals surface area contributed by atoms with Crippen LogP contribution in [-0.2, 0) is 4.74 Å². The molecule has 0 aromatic rings. The molecule has 0 aromatic carbocycles. The van der Waals surface area contributed by atoms with Gasteiger partial charge in [0.25, 0.3) is 0 Å². The number of nitrogens with zero attached hydrogens (tertiary/aromatic N) is 2. The molecule has 1 amide bonds. The quantitative estimate of drug-likeness (QED) is 0.448. The molecule has 1 saturated heterocycles. The Labute approximate surface area is 134 Å². The molecule has 1 heterocycles. The summed E-state index contributed by atoms with van der Waals surface area (Å²) in [4.78, 5) is 17.7. The first-order valence-electron chi connectivity index (χ1n) is 8.45. The van der Waals surface area contributed by atoms with E-state index in [4.69, 9.17) is 4.74 Å². The Morgan fingerprint density at radius 1 is 1.36 bits per heavy atom. The molecule has 0 spiro atoms. The first-order valence-corrected chi connectivity index (χ1v) is 8.45. The Kier molecular flexibility index (Phi) is 8.70. The van der Waals surface area contributed by atoms with E-state index < -0.39 is 0 Å². The highest BCUT2D eigenvalue weighted by atomic mass is 16.6. The molecule has 1 fully saturated rings. The summed E-state index contributed by atoms with van der Waals surface area (Å²) in [7, 11) is 1.80. The topological polar surface area (TPSA) is 66.0 Å². The number of carbonyl (C=O) groups excluding carboxylic acids is 1. The lowest BCUT2D eigenvalue weighted by Crippen LogP contribution is -2.50. The van der Waals surface area contributed by atoms with Gasteiger partial charge in [-0.25, -0.2) is 4.79 Å². The van der Waals surface area contributed by atoms with Crippen molar-refractivity contribution in [3.8, 4) is 0 Å². The summed E-state index contributed by atoms with van der Waals surface area (Å²) in [6.07, 6.45) is 4.02. The molecule has 128 valence electrons. The molecule has 1 aliphatic heterocycles. The summed E-state index contributed by atoms with van der Waals surface area (Å²) >= 11 is 0. The Hall–Kier alpha value is -1.46. The lowest BCUT2D eigenvalue weighted by molar-refractivity contribution is 0.0963. The predicted molar refractivity (Wildman–Crippen MR) is 90.2 cm³/mol. The van der Waals surface area contributed by atoms with E-state index in [1.807, 2.05) is 6.92 Å². The lowest BCUT2D eigenvalue weighted by Gasteiger charge is -2.32. The Balaban J connectivity index is 2.24. The van der Waals surface area contributed by atoms with Crippen molar-refractivity contribution < 1.29 is 9.53 Å². The van der Waals surface area contributed by atoms with Gasteiger partial charge < -0.3 is 20.3 Å². The van der Waals surface area contributed by atoms with Crippen LogP contribution in [0.4, 0.5) is 4.79 Å². The van der Waals surface area contributed by atoms with E-state index >= 15 is 0 Å². The van der Waals surface area contributed by atoms with Crippen molar-refractivity contribution in [2.75, 3.05) is 33.3 Å². The first kappa shape index (κ1) is 18.6. The second-order valence-electron chi connectivity index (χ2n) is 6.14. The van der Waals surface area contributed by atoms with E-state index in [1.165, 1.54) is 6.42 Å². The van der Waals surface area contributed by atoms with Crippen LogP contribution in [0.5, 0.6) is 0 Å². The zero-order valence-electron chi connectivity index (χ0n) is 14.5. The van der Waals surface area contributed by atoms with Gasteiger partial charge >= 0.3 is 6.09 Å². The van der Waals surface area contributed by atoms with Crippen LogP contribution in [0.3, 0.4) is 0 Å². The summed E-state index contributed by atoms with van der Waals surface area (Å²) in [6, 6.07) is 0.363. The van der Waals surface area contributed by atoms with Crippen LogP contribution in [0.15, 0.2) is 4.99 Å². The predicted octanol–water partition coefficient (Wildman–Crippen LogP) is 2.21. The Bertz CT molecular complexity index is 350. The number of piperidine rings is 1. The van der Waals surface area contributed by atoms with Crippen molar-refractivity contribution in [1.82, 2.24) is 15.5 Å². The minimum absolute atomic E-state index is 0.197. The number of rotatable bonds is 6. The Morgan fingerprint density at radius 2 is 2.05 bits per heavy atom. The maximum absolute atomic E-state index is 11.7. The van der Waals surface area contributed by atoms with Crippen molar-refractivity contribution in [2.24, 2.45) is 10.9 Å². The van der Waals surface area contributed by atoms with Crippen molar-refractivity contribution in [3.05, 3.63) is 0 Å². The van der Waals surface area contributed by atoms with Gasteiger partial charge in [-0.3, -0.25) is 4.99 Å². The molecule has 0 atom stereocenters. The fraction of sp³-hybridized carbons (Fsp3) is 0.875. The van der Waals surface area contributed by atoms with Gasteiger partial charge in [0, 0.05) is 32.7 Å². The molecule has 1 rings (SSSR count). The van der Waals surface area contributed by atoms with Crippen molar-refractivity contribution in [2.45, 2.75) is 52.5 Å². The summed E-state index contributed by atoms with van der Waals surface area (Å²) in [5, 5.41) is 6.81.